The zero-order valence-corrected chi connectivity index (χ0v) is 5.03. The fourth-order valence-corrected chi connectivity index (χ4v) is 0. The summed E-state index contributed by atoms with van der Waals surface area (Å²) in [5, 5.41) is 0. The Kier molecular flexibility index (Phi) is 5.23. The molecule has 0 bridgehead atoms. The van der Waals surface area contributed by atoms with Gasteiger partial charge in [0.1, 0.15) is 0 Å². The van der Waals surface area contributed by atoms with Crippen molar-refractivity contribution in [3.05, 3.63) is 0 Å². The SMILES string of the molecule is [Cu+3].[O-]P([O-])([O-])=S. The van der Waals surface area contributed by atoms with E-state index in [4.69, 9.17) is 14.7 Å². The average molecular weight is 175 g/mol. The molecule has 0 aromatic carbocycles. The second kappa shape index (κ2) is 3.10. The molecule has 0 radical (unpaired) electrons. The third-order valence-electron chi connectivity index (χ3n) is 0. The zero-order chi connectivity index (χ0) is 4.50. The molecule has 0 rings (SSSR count). The van der Waals surface area contributed by atoms with E-state index in [1.165, 1.54) is 0 Å². The maximum Gasteiger partial charge on any atom is 3.00 e. The summed E-state index contributed by atoms with van der Waals surface area (Å²) < 4.78 is 0. The molecule has 0 fully saturated rings. The maximum absolute atomic E-state index is 8.92. The summed E-state index contributed by atoms with van der Waals surface area (Å²) in [6, 6.07) is 0. The van der Waals surface area contributed by atoms with E-state index >= 15 is 0 Å². The summed E-state index contributed by atoms with van der Waals surface area (Å²) in [5.74, 6) is 0. The van der Waals surface area contributed by atoms with Gasteiger partial charge in [-0.3, -0.25) is 0 Å². The van der Waals surface area contributed by atoms with Crippen LogP contribution in [-0.4, -0.2) is 0 Å². The Labute approximate surface area is 50.7 Å². The van der Waals surface area contributed by atoms with E-state index in [9.17, 15) is 0 Å². The van der Waals surface area contributed by atoms with Crippen LogP contribution in [0.15, 0.2) is 0 Å². The van der Waals surface area contributed by atoms with Crippen LogP contribution in [0, 0.1) is 0 Å². The van der Waals surface area contributed by atoms with Gasteiger partial charge < -0.3 is 21.4 Å². The van der Waals surface area contributed by atoms with Crippen molar-refractivity contribution in [2.75, 3.05) is 0 Å². The standard InChI is InChI=1S/Cu.H3O3PS/c;1-4(2,3)5/h;(H3,1,2,3,5)/q+3;/p-3. The topological polar surface area (TPSA) is 69.2 Å². The van der Waals surface area contributed by atoms with E-state index in [2.05, 4.69) is 11.8 Å². The summed E-state index contributed by atoms with van der Waals surface area (Å²) in [4.78, 5) is 26.8. The predicted octanol–water partition coefficient (Wildman–Crippen LogP) is -2.71. The van der Waals surface area contributed by atoms with Crippen molar-refractivity contribution < 1.29 is 31.7 Å². The van der Waals surface area contributed by atoms with Crippen molar-refractivity contribution in [1.29, 1.82) is 0 Å². The molecule has 0 saturated heterocycles. The molecular weight excluding hydrogens is 175 g/mol. The Balaban J connectivity index is 0. The van der Waals surface area contributed by atoms with Gasteiger partial charge in [0.05, 0.1) is 0 Å². The Morgan fingerprint density at radius 3 is 1.17 bits per heavy atom. The Morgan fingerprint density at radius 1 is 1.17 bits per heavy atom. The van der Waals surface area contributed by atoms with E-state index in [1.807, 2.05) is 0 Å². The first kappa shape index (κ1) is 10.1. The number of hydrogen-bond acceptors (Lipinski definition) is 4. The number of hydrogen-bond donors (Lipinski definition) is 0. The second-order valence-corrected chi connectivity index (χ2v) is 2.68. The Morgan fingerprint density at radius 2 is 1.17 bits per heavy atom. The van der Waals surface area contributed by atoms with Crippen LogP contribution < -0.4 is 14.7 Å². The Hall–Kier alpha value is 1.05. The molecule has 0 unspecified atom stereocenters. The van der Waals surface area contributed by atoms with Gasteiger partial charge in [-0.2, -0.15) is 11.8 Å². The molecular formula is CuO3PS. The molecule has 0 spiro atoms. The summed E-state index contributed by atoms with van der Waals surface area (Å²) in [5.41, 5.74) is 0. The van der Waals surface area contributed by atoms with Gasteiger partial charge in [-0.1, -0.05) is 0 Å². The van der Waals surface area contributed by atoms with Crippen molar-refractivity contribution in [2.24, 2.45) is 0 Å². The maximum atomic E-state index is 8.92. The molecule has 0 heterocycles. The third kappa shape index (κ3) is 75.2. The van der Waals surface area contributed by atoms with Gasteiger partial charge >= 0.3 is 17.1 Å². The first-order valence-electron chi connectivity index (χ1n) is 0.730. The van der Waals surface area contributed by atoms with E-state index < -0.39 is 6.72 Å². The van der Waals surface area contributed by atoms with Gasteiger partial charge in [0.2, 0.25) is 0 Å². The average Bonchev–Trinajstić information content (AvgIpc) is 0.722. The van der Waals surface area contributed by atoms with Crippen molar-refractivity contribution in [2.45, 2.75) is 0 Å². The Bertz CT molecular complexity index is 56.9. The fraction of sp³-hybridized carbons (Fsp3) is 0. The van der Waals surface area contributed by atoms with Gasteiger partial charge in [-0.15, -0.1) is 0 Å². The summed E-state index contributed by atoms with van der Waals surface area (Å²) >= 11 is 3.27. The van der Waals surface area contributed by atoms with Crippen LogP contribution in [-0.2, 0) is 28.9 Å². The van der Waals surface area contributed by atoms with E-state index in [0.717, 1.165) is 0 Å². The minimum atomic E-state index is -4.56. The van der Waals surface area contributed by atoms with Crippen LogP contribution in [0.1, 0.15) is 0 Å². The van der Waals surface area contributed by atoms with Crippen LogP contribution >= 0.6 is 6.72 Å². The molecule has 0 atom stereocenters. The molecule has 0 aliphatic carbocycles. The largest absolute Gasteiger partial charge is 3.00 e. The normalized spacial score (nSPS) is 9.83. The zero-order valence-electron chi connectivity index (χ0n) is 2.38. The molecule has 0 aliphatic rings. The molecule has 0 saturated carbocycles. The fourth-order valence-electron chi connectivity index (χ4n) is 0. The van der Waals surface area contributed by atoms with Crippen molar-refractivity contribution in [3.63, 3.8) is 0 Å². The van der Waals surface area contributed by atoms with Gasteiger partial charge in [0, 0.05) is 0 Å². The molecule has 0 aromatic heterocycles. The van der Waals surface area contributed by atoms with Gasteiger partial charge in [0.15, 0.2) is 0 Å². The van der Waals surface area contributed by atoms with Crippen LogP contribution in [0.2, 0.25) is 0 Å². The molecule has 6 heavy (non-hydrogen) atoms. The van der Waals surface area contributed by atoms with Crippen molar-refractivity contribution >= 4 is 18.5 Å². The molecule has 0 amide bonds. The van der Waals surface area contributed by atoms with Crippen LogP contribution in [0.25, 0.3) is 0 Å². The molecule has 3 nitrogen and oxygen atoms in total. The molecule has 40 valence electrons. The first-order chi connectivity index (χ1) is 2.00. The second-order valence-electron chi connectivity index (χ2n) is 0.447. The summed E-state index contributed by atoms with van der Waals surface area (Å²) in [6.45, 7) is -4.56. The summed E-state index contributed by atoms with van der Waals surface area (Å²) in [7, 11) is 0. The summed E-state index contributed by atoms with van der Waals surface area (Å²) in [6.07, 6.45) is 0. The third-order valence-corrected chi connectivity index (χ3v) is 0. The van der Waals surface area contributed by atoms with E-state index in [-0.39, 0.29) is 17.1 Å². The number of rotatable bonds is 0. The van der Waals surface area contributed by atoms with Crippen molar-refractivity contribution in [1.82, 2.24) is 0 Å². The predicted molar refractivity (Wildman–Crippen MR) is 14.3 cm³/mol. The van der Waals surface area contributed by atoms with Crippen LogP contribution in [0.3, 0.4) is 0 Å². The molecule has 0 aliphatic heterocycles. The minimum absolute atomic E-state index is 0. The van der Waals surface area contributed by atoms with Gasteiger partial charge in [0.25, 0.3) is 0 Å². The monoisotopic (exact) mass is 174 g/mol. The van der Waals surface area contributed by atoms with Gasteiger partial charge in [-0.25, -0.2) is 0 Å². The van der Waals surface area contributed by atoms with Crippen molar-refractivity contribution in [3.8, 4) is 0 Å². The molecule has 0 aromatic rings. The molecule has 0 N–H and O–H groups in total. The molecule has 6 heteroatoms. The smallest absolute Gasteiger partial charge is 0.844 e. The van der Waals surface area contributed by atoms with Gasteiger partial charge in [-0.05, 0) is 0 Å². The quantitative estimate of drug-likeness (QED) is 0.296. The first-order valence-corrected chi connectivity index (χ1v) is 3.29. The van der Waals surface area contributed by atoms with E-state index in [0.29, 0.717) is 0 Å². The van der Waals surface area contributed by atoms with Crippen LogP contribution in [0.5, 0.6) is 0 Å². The van der Waals surface area contributed by atoms with E-state index in [1.54, 1.807) is 0 Å². The minimum Gasteiger partial charge on any atom is -0.844 e. The van der Waals surface area contributed by atoms with Crippen LogP contribution in [0.4, 0.5) is 0 Å².